The molecule has 1 aromatic rings. The molecular weight excluding hydrogens is 266 g/mol. The number of hydrogen-bond donors (Lipinski definition) is 1. The number of hydrogen-bond acceptors (Lipinski definition) is 3. The van der Waals surface area contributed by atoms with Crippen LogP contribution in [0.5, 0.6) is 5.75 Å². The molecule has 1 amide bonds. The highest BCUT2D eigenvalue weighted by molar-refractivity contribution is 6.21. The highest BCUT2D eigenvalue weighted by Gasteiger charge is 2.38. The molecule has 5 heteroatoms. The first-order valence-electron chi connectivity index (χ1n) is 6.43. The molecule has 1 N–H and O–H groups in total. The summed E-state index contributed by atoms with van der Waals surface area (Å²) >= 11 is 6.55. The van der Waals surface area contributed by atoms with E-state index in [4.69, 9.17) is 21.1 Å². The summed E-state index contributed by atoms with van der Waals surface area (Å²) in [6.07, 6.45) is 1.98. The van der Waals surface area contributed by atoms with Crippen molar-refractivity contribution in [3.63, 3.8) is 0 Å². The summed E-state index contributed by atoms with van der Waals surface area (Å²) in [5.74, 6) is 0.545. The minimum absolute atomic E-state index is 0.0669. The molecule has 102 valence electrons. The van der Waals surface area contributed by atoms with Gasteiger partial charge >= 0.3 is 0 Å². The van der Waals surface area contributed by atoms with Crippen LogP contribution in [-0.2, 0) is 9.53 Å². The number of rotatable bonds is 2. The number of fused-ring (bicyclic) bond motifs is 1. The molecule has 19 heavy (non-hydrogen) atoms. The van der Waals surface area contributed by atoms with Crippen LogP contribution in [0.4, 0.5) is 5.69 Å². The molecule has 2 heterocycles. The van der Waals surface area contributed by atoms with Crippen LogP contribution in [0.15, 0.2) is 18.2 Å². The van der Waals surface area contributed by atoms with E-state index in [0.717, 1.165) is 25.0 Å². The fraction of sp³-hybridized carbons (Fsp3) is 0.500. The number of benzene rings is 1. The van der Waals surface area contributed by atoms with E-state index >= 15 is 0 Å². The van der Waals surface area contributed by atoms with E-state index in [1.807, 2.05) is 25.1 Å². The number of halogens is 1. The maximum atomic E-state index is 11.3. The SMILES string of the molecule is CC1(C(Cl)c2ccc3c(c2)NC(=O)CO3)CCCO1. The second-order valence-corrected chi connectivity index (χ2v) is 5.66. The van der Waals surface area contributed by atoms with Gasteiger partial charge in [-0.3, -0.25) is 4.79 Å². The Kier molecular flexibility index (Phi) is 3.15. The molecule has 0 bridgehead atoms. The number of alkyl halides is 1. The van der Waals surface area contributed by atoms with E-state index in [9.17, 15) is 4.79 Å². The Labute approximate surface area is 117 Å². The van der Waals surface area contributed by atoms with Gasteiger partial charge in [0.05, 0.1) is 16.7 Å². The lowest BCUT2D eigenvalue weighted by Gasteiger charge is -2.30. The molecular formula is C14H16ClNO3. The average molecular weight is 282 g/mol. The van der Waals surface area contributed by atoms with Gasteiger partial charge in [-0.1, -0.05) is 6.07 Å². The molecule has 1 saturated heterocycles. The Hall–Kier alpha value is -1.26. The number of carbonyl (C=O) groups is 1. The van der Waals surface area contributed by atoms with Gasteiger partial charge in [0.25, 0.3) is 5.91 Å². The van der Waals surface area contributed by atoms with Gasteiger partial charge < -0.3 is 14.8 Å². The zero-order valence-electron chi connectivity index (χ0n) is 10.7. The predicted molar refractivity (Wildman–Crippen MR) is 72.8 cm³/mol. The first-order valence-corrected chi connectivity index (χ1v) is 6.87. The summed E-state index contributed by atoms with van der Waals surface area (Å²) in [7, 11) is 0. The molecule has 2 unspecified atom stereocenters. The van der Waals surface area contributed by atoms with E-state index < -0.39 is 0 Å². The van der Waals surface area contributed by atoms with Crippen LogP contribution >= 0.6 is 11.6 Å². The summed E-state index contributed by atoms with van der Waals surface area (Å²) < 4.78 is 11.1. The largest absolute Gasteiger partial charge is 0.482 e. The maximum absolute atomic E-state index is 11.3. The summed E-state index contributed by atoms with van der Waals surface area (Å²) in [5.41, 5.74) is 1.28. The predicted octanol–water partition coefficient (Wildman–Crippen LogP) is 2.87. The van der Waals surface area contributed by atoms with E-state index in [2.05, 4.69) is 5.32 Å². The third kappa shape index (κ3) is 2.30. The van der Waals surface area contributed by atoms with Crippen LogP contribution in [-0.4, -0.2) is 24.7 Å². The monoisotopic (exact) mass is 281 g/mol. The lowest BCUT2D eigenvalue weighted by Crippen LogP contribution is -2.29. The fourth-order valence-corrected chi connectivity index (χ4v) is 2.92. The van der Waals surface area contributed by atoms with Gasteiger partial charge in [-0.25, -0.2) is 0 Å². The number of amides is 1. The van der Waals surface area contributed by atoms with Crippen molar-refractivity contribution < 1.29 is 14.3 Å². The Morgan fingerprint density at radius 1 is 1.47 bits per heavy atom. The zero-order valence-corrected chi connectivity index (χ0v) is 11.5. The Bertz CT molecular complexity index is 511. The van der Waals surface area contributed by atoms with Crippen LogP contribution in [0, 0.1) is 0 Å². The topological polar surface area (TPSA) is 47.6 Å². The van der Waals surface area contributed by atoms with E-state index in [1.165, 1.54) is 0 Å². The standard InChI is InChI=1S/C14H16ClNO3/c1-14(5-2-6-19-14)13(15)9-3-4-11-10(7-9)16-12(17)8-18-11/h3-4,7,13H,2,5-6,8H2,1H3,(H,16,17). The van der Waals surface area contributed by atoms with Gasteiger partial charge in [0, 0.05) is 6.61 Å². The second-order valence-electron chi connectivity index (χ2n) is 5.22. The van der Waals surface area contributed by atoms with Crippen molar-refractivity contribution in [2.75, 3.05) is 18.5 Å². The number of carbonyl (C=O) groups excluding carboxylic acids is 1. The van der Waals surface area contributed by atoms with Crippen molar-refractivity contribution in [1.82, 2.24) is 0 Å². The third-order valence-electron chi connectivity index (χ3n) is 3.71. The first-order chi connectivity index (χ1) is 9.08. The van der Waals surface area contributed by atoms with Gasteiger partial charge in [-0.15, -0.1) is 11.6 Å². The summed E-state index contributed by atoms with van der Waals surface area (Å²) in [6.45, 7) is 2.86. The van der Waals surface area contributed by atoms with Crippen molar-refractivity contribution in [3.8, 4) is 5.75 Å². The van der Waals surface area contributed by atoms with Gasteiger partial charge in [-0.2, -0.15) is 0 Å². The Morgan fingerprint density at radius 2 is 2.32 bits per heavy atom. The van der Waals surface area contributed by atoms with Crippen LogP contribution in [0.1, 0.15) is 30.7 Å². The molecule has 2 aliphatic rings. The van der Waals surface area contributed by atoms with Crippen molar-refractivity contribution in [2.45, 2.75) is 30.7 Å². The average Bonchev–Trinajstić information content (AvgIpc) is 2.85. The smallest absolute Gasteiger partial charge is 0.262 e. The molecule has 0 saturated carbocycles. The highest BCUT2D eigenvalue weighted by atomic mass is 35.5. The van der Waals surface area contributed by atoms with Crippen molar-refractivity contribution in [3.05, 3.63) is 23.8 Å². The van der Waals surface area contributed by atoms with Gasteiger partial charge in [-0.05, 0) is 37.5 Å². The van der Waals surface area contributed by atoms with E-state index in [-0.39, 0.29) is 23.5 Å². The zero-order chi connectivity index (χ0) is 13.5. The number of anilines is 1. The lowest BCUT2D eigenvalue weighted by molar-refractivity contribution is -0.118. The number of nitrogens with one attached hydrogen (secondary N) is 1. The first kappa shape index (κ1) is 12.8. The summed E-state index contributed by atoms with van der Waals surface area (Å²) in [4.78, 5) is 11.3. The highest BCUT2D eigenvalue weighted by Crippen LogP contribution is 2.43. The third-order valence-corrected chi connectivity index (χ3v) is 4.43. The summed E-state index contributed by atoms with van der Waals surface area (Å²) in [5, 5.41) is 2.56. The van der Waals surface area contributed by atoms with Crippen LogP contribution in [0.25, 0.3) is 0 Å². The van der Waals surface area contributed by atoms with Gasteiger partial charge in [0.15, 0.2) is 6.61 Å². The Morgan fingerprint density at radius 3 is 3.05 bits per heavy atom. The van der Waals surface area contributed by atoms with E-state index in [1.54, 1.807) is 0 Å². The van der Waals surface area contributed by atoms with E-state index in [0.29, 0.717) is 11.4 Å². The normalized spacial score (nSPS) is 27.4. The molecule has 4 nitrogen and oxygen atoms in total. The molecule has 2 atom stereocenters. The maximum Gasteiger partial charge on any atom is 0.262 e. The van der Waals surface area contributed by atoms with Crippen molar-refractivity contribution >= 4 is 23.2 Å². The Balaban J connectivity index is 1.89. The quantitative estimate of drug-likeness (QED) is 0.848. The molecule has 0 spiro atoms. The van der Waals surface area contributed by atoms with Gasteiger partial charge in [0.1, 0.15) is 5.75 Å². The fourth-order valence-electron chi connectivity index (χ4n) is 2.61. The van der Waals surface area contributed by atoms with Crippen LogP contribution < -0.4 is 10.1 Å². The minimum atomic E-state index is -0.338. The lowest BCUT2D eigenvalue weighted by atomic mass is 9.92. The van der Waals surface area contributed by atoms with Crippen molar-refractivity contribution in [1.29, 1.82) is 0 Å². The molecule has 1 fully saturated rings. The molecule has 0 aromatic heterocycles. The molecule has 1 aromatic carbocycles. The molecule has 0 aliphatic carbocycles. The number of ether oxygens (including phenoxy) is 2. The van der Waals surface area contributed by atoms with Crippen molar-refractivity contribution in [2.24, 2.45) is 0 Å². The second kappa shape index (κ2) is 4.69. The summed E-state index contributed by atoms with van der Waals surface area (Å²) in [6, 6.07) is 5.65. The minimum Gasteiger partial charge on any atom is -0.482 e. The molecule has 0 radical (unpaired) electrons. The van der Waals surface area contributed by atoms with Crippen LogP contribution in [0.3, 0.4) is 0 Å². The molecule has 3 rings (SSSR count). The van der Waals surface area contributed by atoms with Gasteiger partial charge in [0.2, 0.25) is 0 Å². The molecule has 2 aliphatic heterocycles. The van der Waals surface area contributed by atoms with Crippen LogP contribution in [0.2, 0.25) is 0 Å².